The van der Waals surface area contributed by atoms with Crippen molar-refractivity contribution < 1.29 is 4.79 Å². The molecule has 1 aromatic heterocycles. The van der Waals surface area contributed by atoms with Crippen molar-refractivity contribution in [3.63, 3.8) is 0 Å². The van der Waals surface area contributed by atoms with Crippen LogP contribution in [0, 0.1) is 13.8 Å². The molecule has 0 amide bonds. The Labute approximate surface area is 139 Å². The largest absolute Gasteiger partial charge is 0.293 e. The van der Waals surface area contributed by atoms with Gasteiger partial charge in [-0.25, -0.2) is 4.98 Å². The van der Waals surface area contributed by atoms with Crippen LogP contribution in [0.2, 0.25) is 0 Å². The van der Waals surface area contributed by atoms with E-state index in [1.54, 1.807) is 0 Å². The molecule has 2 aromatic carbocycles. The Morgan fingerprint density at radius 3 is 2.26 bits per heavy atom. The van der Waals surface area contributed by atoms with Gasteiger partial charge in [0.25, 0.3) is 0 Å². The lowest BCUT2D eigenvalue weighted by molar-refractivity contribution is 0.102. The second-order valence-electron chi connectivity index (χ2n) is 5.41. The number of carbonyl (C=O) groups excluding carboxylic acids is 1. The quantitative estimate of drug-likeness (QED) is 0.568. The molecule has 0 aliphatic rings. The lowest BCUT2D eigenvalue weighted by Crippen LogP contribution is -2.02. The molecule has 0 bridgehead atoms. The number of H-pyrrole nitrogens is 1. The maximum atomic E-state index is 12.2. The SMILES string of the molecule is Cc1ccc(C(=O)CSc2n[nH]c(-c3ccc(C)cc3)n2)cc1. The highest BCUT2D eigenvalue weighted by atomic mass is 32.2. The van der Waals surface area contributed by atoms with E-state index in [1.165, 1.54) is 17.3 Å². The highest BCUT2D eigenvalue weighted by molar-refractivity contribution is 7.99. The van der Waals surface area contributed by atoms with Crippen molar-refractivity contribution in [2.75, 3.05) is 5.75 Å². The van der Waals surface area contributed by atoms with E-state index < -0.39 is 0 Å². The third-order valence-corrected chi connectivity index (χ3v) is 4.34. The van der Waals surface area contributed by atoms with Gasteiger partial charge in [0.05, 0.1) is 5.75 Å². The van der Waals surface area contributed by atoms with Gasteiger partial charge in [-0.15, -0.1) is 5.10 Å². The molecule has 0 atom stereocenters. The predicted octanol–water partition coefficient (Wildman–Crippen LogP) is 4.06. The van der Waals surface area contributed by atoms with E-state index in [0.29, 0.717) is 10.9 Å². The molecule has 0 aliphatic heterocycles. The van der Waals surface area contributed by atoms with Crippen LogP contribution in [0.5, 0.6) is 0 Å². The number of benzene rings is 2. The molecule has 23 heavy (non-hydrogen) atoms. The zero-order valence-electron chi connectivity index (χ0n) is 13.0. The van der Waals surface area contributed by atoms with E-state index in [9.17, 15) is 4.79 Å². The first-order chi connectivity index (χ1) is 11.1. The van der Waals surface area contributed by atoms with Crippen LogP contribution in [0.15, 0.2) is 53.7 Å². The Hall–Kier alpha value is -2.40. The van der Waals surface area contributed by atoms with Gasteiger partial charge in [-0.3, -0.25) is 9.89 Å². The van der Waals surface area contributed by atoms with Gasteiger partial charge in [0.1, 0.15) is 0 Å². The molecule has 0 radical (unpaired) electrons. The molecule has 0 saturated heterocycles. The first-order valence-corrected chi connectivity index (χ1v) is 8.32. The van der Waals surface area contributed by atoms with E-state index in [2.05, 4.69) is 15.2 Å². The number of rotatable bonds is 5. The van der Waals surface area contributed by atoms with E-state index in [4.69, 9.17) is 0 Å². The van der Waals surface area contributed by atoms with Gasteiger partial charge in [0, 0.05) is 11.1 Å². The summed E-state index contributed by atoms with van der Waals surface area (Å²) in [7, 11) is 0. The molecule has 1 N–H and O–H groups in total. The number of thioether (sulfide) groups is 1. The lowest BCUT2D eigenvalue weighted by Gasteiger charge is -1.99. The van der Waals surface area contributed by atoms with Crippen LogP contribution in [0.4, 0.5) is 0 Å². The Bertz CT molecular complexity index is 807. The summed E-state index contributed by atoms with van der Waals surface area (Å²) in [5, 5.41) is 7.67. The summed E-state index contributed by atoms with van der Waals surface area (Å²) in [6.45, 7) is 4.05. The molecule has 0 fully saturated rings. The molecule has 1 heterocycles. The van der Waals surface area contributed by atoms with Crippen molar-refractivity contribution in [1.82, 2.24) is 15.2 Å². The smallest absolute Gasteiger partial charge is 0.209 e. The second kappa shape index (κ2) is 6.79. The maximum absolute atomic E-state index is 12.2. The van der Waals surface area contributed by atoms with Crippen LogP contribution >= 0.6 is 11.8 Å². The fourth-order valence-corrected chi connectivity index (χ4v) is 2.80. The monoisotopic (exact) mass is 323 g/mol. The van der Waals surface area contributed by atoms with E-state index in [0.717, 1.165) is 22.5 Å². The summed E-state index contributed by atoms with van der Waals surface area (Å²) < 4.78 is 0. The third kappa shape index (κ3) is 3.87. The van der Waals surface area contributed by atoms with Crippen molar-refractivity contribution >= 4 is 17.5 Å². The minimum atomic E-state index is 0.0803. The van der Waals surface area contributed by atoms with E-state index in [1.807, 2.05) is 62.4 Å². The number of aromatic nitrogens is 3. The number of aryl methyl sites for hydroxylation is 2. The van der Waals surface area contributed by atoms with Crippen molar-refractivity contribution in [1.29, 1.82) is 0 Å². The minimum Gasteiger partial charge on any atom is -0.293 e. The van der Waals surface area contributed by atoms with Crippen LogP contribution in [-0.4, -0.2) is 26.7 Å². The molecule has 0 spiro atoms. The Morgan fingerprint density at radius 2 is 1.61 bits per heavy atom. The van der Waals surface area contributed by atoms with Crippen LogP contribution in [0.3, 0.4) is 0 Å². The fraction of sp³-hybridized carbons (Fsp3) is 0.167. The van der Waals surface area contributed by atoms with Gasteiger partial charge < -0.3 is 0 Å². The number of hydrogen-bond donors (Lipinski definition) is 1. The van der Waals surface area contributed by atoms with Gasteiger partial charge in [-0.05, 0) is 13.8 Å². The molecule has 4 nitrogen and oxygen atoms in total. The summed E-state index contributed by atoms with van der Waals surface area (Å²) in [4.78, 5) is 16.6. The van der Waals surface area contributed by atoms with Crippen LogP contribution in [0.1, 0.15) is 21.5 Å². The summed E-state index contributed by atoms with van der Waals surface area (Å²) >= 11 is 1.34. The van der Waals surface area contributed by atoms with Gasteiger partial charge in [0.2, 0.25) is 5.16 Å². The van der Waals surface area contributed by atoms with Crippen molar-refractivity contribution in [2.45, 2.75) is 19.0 Å². The van der Waals surface area contributed by atoms with Gasteiger partial charge in [-0.2, -0.15) is 0 Å². The Morgan fingerprint density at radius 1 is 1.00 bits per heavy atom. The van der Waals surface area contributed by atoms with Gasteiger partial charge in [-0.1, -0.05) is 71.4 Å². The van der Waals surface area contributed by atoms with Crippen molar-refractivity contribution in [3.05, 3.63) is 65.2 Å². The van der Waals surface area contributed by atoms with Crippen LogP contribution < -0.4 is 0 Å². The Kier molecular flexibility index (Phi) is 4.57. The summed E-state index contributed by atoms with van der Waals surface area (Å²) in [6, 6.07) is 15.7. The van der Waals surface area contributed by atoms with E-state index >= 15 is 0 Å². The number of hydrogen-bond acceptors (Lipinski definition) is 4. The maximum Gasteiger partial charge on any atom is 0.209 e. The highest BCUT2D eigenvalue weighted by Crippen LogP contribution is 2.20. The van der Waals surface area contributed by atoms with Gasteiger partial charge >= 0.3 is 0 Å². The standard InChI is InChI=1S/C18H17N3OS/c1-12-3-7-14(8-4-12)16(22)11-23-18-19-17(20-21-18)15-9-5-13(2)6-10-15/h3-10H,11H2,1-2H3,(H,19,20,21). The van der Waals surface area contributed by atoms with Crippen LogP contribution in [-0.2, 0) is 0 Å². The molecule has 0 saturated carbocycles. The second-order valence-corrected chi connectivity index (χ2v) is 6.35. The first kappa shape index (κ1) is 15.5. The first-order valence-electron chi connectivity index (χ1n) is 7.34. The fourth-order valence-electron chi connectivity index (χ4n) is 2.10. The van der Waals surface area contributed by atoms with Crippen molar-refractivity contribution in [2.24, 2.45) is 0 Å². The molecular formula is C18H17N3OS. The number of nitrogens with zero attached hydrogens (tertiary/aromatic N) is 2. The minimum absolute atomic E-state index is 0.0803. The number of carbonyl (C=O) groups is 1. The lowest BCUT2D eigenvalue weighted by atomic mass is 10.1. The number of nitrogens with one attached hydrogen (secondary N) is 1. The third-order valence-electron chi connectivity index (χ3n) is 3.50. The molecular weight excluding hydrogens is 306 g/mol. The topological polar surface area (TPSA) is 58.6 Å². The average molecular weight is 323 g/mol. The normalized spacial score (nSPS) is 10.7. The predicted molar refractivity (Wildman–Crippen MR) is 92.8 cm³/mol. The summed E-state index contributed by atoms with van der Waals surface area (Å²) in [5.74, 6) is 1.13. The van der Waals surface area contributed by atoms with E-state index in [-0.39, 0.29) is 5.78 Å². The molecule has 116 valence electrons. The molecule has 0 aliphatic carbocycles. The molecule has 0 unspecified atom stereocenters. The van der Waals surface area contributed by atoms with Gasteiger partial charge in [0.15, 0.2) is 11.6 Å². The average Bonchev–Trinajstić information content (AvgIpc) is 3.03. The zero-order valence-corrected chi connectivity index (χ0v) is 13.9. The highest BCUT2D eigenvalue weighted by Gasteiger charge is 2.10. The van der Waals surface area contributed by atoms with Crippen LogP contribution in [0.25, 0.3) is 11.4 Å². The zero-order chi connectivity index (χ0) is 16.2. The summed E-state index contributed by atoms with van der Waals surface area (Å²) in [5.41, 5.74) is 4.05. The Balaban J connectivity index is 1.64. The van der Waals surface area contributed by atoms with Crippen molar-refractivity contribution in [3.8, 4) is 11.4 Å². The number of Topliss-reactive ketones (excluding diaryl/α,β-unsaturated/α-hetero) is 1. The summed E-state index contributed by atoms with van der Waals surface area (Å²) in [6.07, 6.45) is 0. The number of aromatic amines is 1. The molecule has 3 rings (SSSR count). The molecule has 5 heteroatoms. The molecule has 3 aromatic rings. The number of ketones is 1.